The zero-order valence-electron chi connectivity index (χ0n) is 14.3. The van der Waals surface area contributed by atoms with Gasteiger partial charge in [0.05, 0.1) is 6.33 Å². The summed E-state index contributed by atoms with van der Waals surface area (Å²) in [5.74, 6) is 1.29. The molecule has 24 heavy (non-hydrogen) atoms. The van der Waals surface area contributed by atoms with E-state index < -0.39 is 0 Å². The highest BCUT2D eigenvalue weighted by atomic mass is 35.5. The minimum Gasteiger partial charge on any atom is -0.347 e. The van der Waals surface area contributed by atoms with Crippen molar-refractivity contribution >= 4 is 30.1 Å². The van der Waals surface area contributed by atoms with Crippen molar-refractivity contribution in [3.05, 3.63) is 28.4 Å². The average Bonchev–Trinajstić information content (AvgIpc) is 2.90. The fourth-order valence-corrected chi connectivity index (χ4v) is 3.57. The Morgan fingerprint density at radius 3 is 2.96 bits per heavy atom. The van der Waals surface area contributed by atoms with Crippen LogP contribution >= 0.6 is 24.2 Å². The molecule has 0 aromatic carbocycles. The summed E-state index contributed by atoms with van der Waals surface area (Å²) in [5.41, 5.74) is -0.303. The Morgan fingerprint density at radius 2 is 2.29 bits per heavy atom. The number of hydrogen-bond acceptors (Lipinski definition) is 5. The molecular formula is C16H27ClN4O2S. The lowest BCUT2D eigenvalue weighted by Gasteiger charge is -2.19. The van der Waals surface area contributed by atoms with E-state index in [4.69, 9.17) is 0 Å². The first kappa shape index (κ1) is 21.0. The minimum absolute atomic E-state index is 0. The maximum Gasteiger partial charge on any atom is 0.263 e. The van der Waals surface area contributed by atoms with Crippen molar-refractivity contribution in [2.24, 2.45) is 5.92 Å². The Kier molecular flexibility index (Phi) is 9.39. The third kappa shape index (κ3) is 5.79. The molecule has 2 heterocycles. The second-order valence-electron chi connectivity index (χ2n) is 6.03. The van der Waals surface area contributed by atoms with E-state index >= 15 is 0 Å². The molecule has 0 radical (unpaired) electrons. The predicted octanol–water partition coefficient (Wildman–Crippen LogP) is 1.78. The summed E-state index contributed by atoms with van der Waals surface area (Å²) in [6, 6.07) is 0.108. The average molecular weight is 375 g/mol. The molecule has 2 N–H and O–H groups in total. The summed E-state index contributed by atoms with van der Waals surface area (Å²) in [6.07, 6.45) is 8.11. The van der Waals surface area contributed by atoms with Crippen molar-refractivity contribution in [1.29, 1.82) is 0 Å². The van der Waals surface area contributed by atoms with Crippen molar-refractivity contribution < 1.29 is 4.79 Å². The summed E-state index contributed by atoms with van der Waals surface area (Å²) in [7, 11) is 0. The molecule has 0 unspecified atom stereocenters. The van der Waals surface area contributed by atoms with Crippen molar-refractivity contribution in [2.45, 2.75) is 32.2 Å². The van der Waals surface area contributed by atoms with Crippen LogP contribution in [0.2, 0.25) is 0 Å². The van der Waals surface area contributed by atoms with Gasteiger partial charge in [-0.05, 0) is 37.3 Å². The van der Waals surface area contributed by atoms with Crippen LogP contribution in [0, 0.1) is 5.92 Å². The number of amides is 1. The van der Waals surface area contributed by atoms with E-state index in [0.717, 1.165) is 38.2 Å². The number of nitrogens with zero attached hydrogens (tertiary/aromatic N) is 2. The molecule has 1 fully saturated rings. The molecule has 1 aliphatic rings. The maximum absolute atomic E-state index is 12.3. The van der Waals surface area contributed by atoms with Crippen molar-refractivity contribution in [1.82, 2.24) is 20.2 Å². The number of carbonyl (C=O) groups is 1. The van der Waals surface area contributed by atoms with Crippen LogP contribution in [0.4, 0.5) is 0 Å². The molecule has 2 atom stereocenters. The first-order valence-corrected chi connectivity index (χ1v) is 9.60. The highest BCUT2D eigenvalue weighted by Crippen LogP contribution is 2.22. The third-order valence-electron chi connectivity index (χ3n) is 4.28. The number of aromatic nitrogens is 2. The first-order valence-electron chi connectivity index (χ1n) is 8.20. The quantitative estimate of drug-likeness (QED) is 0.678. The molecule has 0 aliphatic carbocycles. The van der Waals surface area contributed by atoms with Gasteiger partial charge in [-0.1, -0.05) is 13.3 Å². The number of carbonyl (C=O) groups excluding carboxylic acids is 1. The van der Waals surface area contributed by atoms with Crippen LogP contribution in [-0.4, -0.2) is 58.5 Å². The van der Waals surface area contributed by atoms with Crippen LogP contribution in [0.3, 0.4) is 0 Å². The summed E-state index contributed by atoms with van der Waals surface area (Å²) in [4.78, 5) is 32.8. The van der Waals surface area contributed by atoms with Crippen molar-refractivity contribution in [3.8, 4) is 0 Å². The van der Waals surface area contributed by atoms with Gasteiger partial charge >= 0.3 is 0 Å². The third-order valence-corrected chi connectivity index (χ3v) is 4.98. The number of hydrogen-bond donors (Lipinski definition) is 2. The molecule has 136 valence electrons. The lowest BCUT2D eigenvalue weighted by atomic mass is 9.98. The largest absolute Gasteiger partial charge is 0.347 e. The van der Waals surface area contributed by atoms with Gasteiger partial charge in [0.25, 0.3) is 11.5 Å². The maximum atomic E-state index is 12.3. The van der Waals surface area contributed by atoms with Gasteiger partial charge in [0, 0.05) is 25.3 Å². The normalized spacial score (nSPS) is 20.6. The smallest absolute Gasteiger partial charge is 0.263 e. The van der Waals surface area contributed by atoms with E-state index in [0.29, 0.717) is 5.92 Å². The van der Waals surface area contributed by atoms with Gasteiger partial charge in [-0.3, -0.25) is 9.59 Å². The molecule has 1 aromatic heterocycles. The zero-order valence-corrected chi connectivity index (χ0v) is 15.9. The van der Waals surface area contributed by atoms with Gasteiger partial charge in [0.2, 0.25) is 0 Å². The summed E-state index contributed by atoms with van der Waals surface area (Å²) in [6.45, 7) is 5.13. The highest BCUT2D eigenvalue weighted by molar-refractivity contribution is 7.98. The van der Waals surface area contributed by atoms with Crippen molar-refractivity contribution in [2.75, 3.05) is 31.6 Å². The van der Waals surface area contributed by atoms with Gasteiger partial charge < -0.3 is 15.2 Å². The van der Waals surface area contributed by atoms with Crippen LogP contribution in [0.5, 0.6) is 0 Å². The SMILES string of the molecule is CCC[C@H]1CN(CCCSC)C[C@@H]1NC(=O)c1cnc[nH]c1=O.Cl. The van der Waals surface area contributed by atoms with Crippen LogP contribution in [0.25, 0.3) is 0 Å². The van der Waals surface area contributed by atoms with Crippen LogP contribution in [-0.2, 0) is 0 Å². The lowest BCUT2D eigenvalue weighted by Crippen LogP contribution is -2.42. The Hall–Kier alpha value is -1.05. The van der Waals surface area contributed by atoms with E-state index in [-0.39, 0.29) is 35.5 Å². The molecule has 0 bridgehead atoms. The van der Waals surface area contributed by atoms with Gasteiger partial charge in [-0.2, -0.15) is 11.8 Å². The van der Waals surface area contributed by atoms with E-state index in [1.165, 1.54) is 18.9 Å². The number of nitrogens with one attached hydrogen (secondary N) is 2. The standard InChI is InChI=1S/C16H26N4O2S.ClH/c1-3-5-12-9-20(6-4-7-23-2)10-14(12)19-16(22)13-8-17-11-18-15(13)21;/h8,11-12,14H,3-7,9-10H2,1-2H3,(H,19,22)(H,17,18,21);1H/t12-,14-;/m0./s1. The number of aromatic amines is 1. The predicted molar refractivity (Wildman–Crippen MR) is 101 cm³/mol. The number of halogens is 1. The number of H-pyrrole nitrogens is 1. The summed E-state index contributed by atoms with van der Waals surface area (Å²) in [5, 5.41) is 3.05. The Bertz CT molecular complexity index is 569. The van der Waals surface area contributed by atoms with Gasteiger partial charge in [-0.25, -0.2) is 4.98 Å². The number of thioether (sulfide) groups is 1. The minimum atomic E-state index is -0.389. The molecule has 1 aromatic rings. The van der Waals surface area contributed by atoms with Crippen LogP contribution in [0.1, 0.15) is 36.5 Å². The van der Waals surface area contributed by atoms with Gasteiger partial charge in [-0.15, -0.1) is 12.4 Å². The molecule has 1 aliphatic heterocycles. The Balaban J connectivity index is 0.00000288. The molecule has 6 nitrogen and oxygen atoms in total. The summed E-state index contributed by atoms with van der Waals surface area (Å²) >= 11 is 1.86. The zero-order chi connectivity index (χ0) is 16.7. The Morgan fingerprint density at radius 1 is 1.50 bits per heavy atom. The topological polar surface area (TPSA) is 78.1 Å². The molecular weight excluding hydrogens is 348 g/mol. The van der Waals surface area contributed by atoms with E-state index in [1.54, 1.807) is 0 Å². The van der Waals surface area contributed by atoms with Gasteiger partial charge in [0.1, 0.15) is 5.56 Å². The Labute approximate surface area is 153 Å². The number of likely N-dealkylation sites (tertiary alicyclic amines) is 1. The monoisotopic (exact) mass is 374 g/mol. The van der Waals surface area contributed by atoms with Gasteiger partial charge in [0.15, 0.2) is 0 Å². The molecule has 1 saturated heterocycles. The molecule has 2 rings (SSSR count). The fraction of sp³-hybridized carbons (Fsp3) is 0.688. The molecule has 8 heteroatoms. The second-order valence-corrected chi connectivity index (χ2v) is 7.01. The lowest BCUT2D eigenvalue weighted by molar-refractivity contribution is 0.0927. The second kappa shape index (κ2) is 10.7. The highest BCUT2D eigenvalue weighted by Gasteiger charge is 2.33. The van der Waals surface area contributed by atoms with Crippen molar-refractivity contribution in [3.63, 3.8) is 0 Å². The van der Waals surface area contributed by atoms with E-state index in [1.807, 2.05) is 11.8 Å². The molecule has 0 spiro atoms. The fourth-order valence-electron chi connectivity index (χ4n) is 3.15. The first-order chi connectivity index (χ1) is 11.2. The van der Waals surface area contributed by atoms with E-state index in [2.05, 4.69) is 33.4 Å². The van der Waals surface area contributed by atoms with Crippen LogP contribution in [0.15, 0.2) is 17.3 Å². The van der Waals surface area contributed by atoms with E-state index in [9.17, 15) is 9.59 Å². The molecule has 0 saturated carbocycles. The molecule has 1 amide bonds. The summed E-state index contributed by atoms with van der Waals surface area (Å²) < 4.78 is 0. The van der Waals surface area contributed by atoms with Crippen LogP contribution < -0.4 is 10.9 Å². The number of rotatable bonds is 8.